The summed E-state index contributed by atoms with van der Waals surface area (Å²) in [7, 11) is 0. The molecule has 0 fully saturated rings. The van der Waals surface area contributed by atoms with Crippen LogP contribution in [-0.4, -0.2) is 9.97 Å². The molecule has 0 spiro atoms. The Morgan fingerprint density at radius 3 is 2.75 bits per heavy atom. The van der Waals surface area contributed by atoms with Gasteiger partial charge in [-0.05, 0) is 13.8 Å². The SMILES string of the molecule is Cc1nc(CC(NN)c2scnc2C)cs1. The highest BCUT2D eigenvalue weighted by Gasteiger charge is 2.16. The normalized spacial score (nSPS) is 12.9. The van der Waals surface area contributed by atoms with Gasteiger partial charge in [-0.3, -0.25) is 11.3 Å². The average molecular weight is 254 g/mol. The van der Waals surface area contributed by atoms with E-state index >= 15 is 0 Å². The van der Waals surface area contributed by atoms with Crippen LogP contribution in [0.15, 0.2) is 10.9 Å². The Morgan fingerprint density at radius 1 is 1.44 bits per heavy atom. The summed E-state index contributed by atoms with van der Waals surface area (Å²) in [6.45, 7) is 4.01. The molecular weight excluding hydrogens is 240 g/mol. The summed E-state index contributed by atoms with van der Waals surface area (Å²) in [6.07, 6.45) is 0.809. The molecule has 6 heteroatoms. The molecule has 2 rings (SSSR count). The predicted octanol–water partition coefficient (Wildman–Crippen LogP) is 1.96. The minimum absolute atomic E-state index is 0.106. The molecule has 2 aromatic heterocycles. The third kappa shape index (κ3) is 2.46. The maximum Gasteiger partial charge on any atom is 0.0897 e. The lowest BCUT2D eigenvalue weighted by Crippen LogP contribution is -2.29. The molecule has 2 heterocycles. The minimum atomic E-state index is 0.106. The van der Waals surface area contributed by atoms with Crippen molar-refractivity contribution in [2.45, 2.75) is 26.3 Å². The summed E-state index contributed by atoms with van der Waals surface area (Å²) in [6, 6.07) is 0.106. The first-order valence-electron chi connectivity index (χ1n) is 4.98. The van der Waals surface area contributed by atoms with E-state index in [0.29, 0.717) is 0 Å². The summed E-state index contributed by atoms with van der Waals surface area (Å²) >= 11 is 3.30. The summed E-state index contributed by atoms with van der Waals surface area (Å²) in [5.41, 5.74) is 6.81. The van der Waals surface area contributed by atoms with Crippen molar-refractivity contribution in [3.8, 4) is 0 Å². The van der Waals surface area contributed by atoms with Crippen LogP contribution in [0.5, 0.6) is 0 Å². The van der Waals surface area contributed by atoms with Crippen molar-refractivity contribution in [3.05, 3.63) is 32.2 Å². The first-order valence-corrected chi connectivity index (χ1v) is 6.73. The standard InChI is InChI=1S/C10H14N4S2/c1-6-10(16-5-12-6)9(14-11)3-8-4-15-7(2)13-8/h4-5,9,14H,3,11H2,1-2H3. The molecule has 86 valence electrons. The van der Waals surface area contributed by atoms with Crippen molar-refractivity contribution in [1.82, 2.24) is 15.4 Å². The van der Waals surface area contributed by atoms with E-state index in [1.165, 1.54) is 4.88 Å². The van der Waals surface area contributed by atoms with Crippen molar-refractivity contribution in [1.29, 1.82) is 0 Å². The van der Waals surface area contributed by atoms with Crippen molar-refractivity contribution in [2.75, 3.05) is 0 Å². The van der Waals surface area contributed by atoms with Crippen LogP contribution < -0.4 is 11.3 Å². The lowest BCUT2D eigenvalue weighted by molar-refractivity contribution is 0.552. The van der Waals surface area contributed by atoms with Gasteiger partial charge < -0.3 is 0 Å². The van der Waals surface area contributed by atoms with E-state index in [9.17, 15) is 0 Å². The van der Waals surface area contributed by atoms with Crippen LogP contribution in [0, 0.1) is 13.8 Å². The van der Waals surface area contributed by atoms with Gasteiger partial charge in [-0.25, -0.2) is 9.97 Å². The van der Waals surface area contributed by atoms with Gasteiger partial charge in [0.2, 0.25) is 0 Å². The van der Waals surface area contributed by atoms with Gasteiger partial charge in [0.15, 0.2) is 0 Å². The van der Waals surface area contributed by atoms with E-state index in [4.69, 9.17) is 5.84 Å². The summed E-state index contributed by atoms with van der Waals surface area (Å²) in [5.74, 6) is 5.59. The van der Waals surface area contributed by atoms with Crippen LogP contribution in [0.3, 0.4) is 0 Å². The zero-order chi connectivity index (χ0) is 11.5. The zero-order valence-corrected chi connectivity index (χ0v) is 10.9. The molecule has 0 amide bonds. The molecular formula is C10H14N4S2. The number of aromatic nitrogens is 2. The Hall–Kier alpha value is -0.820. The first kappa shape index (κ1) is 11.7. The molecule has 1 unspecified atom stereocenters. The Labute approximate surface area is 103 Å². The molecule has 3 N–H and O–H groups in total. The fraction of sp³-hybridized carbons (Fsp3) is 0.400. The van der Waals surface area contributed by atoms with Crippen LogP contribution in [0.1, 0.15) is 27.3 Å². The van der Waals surface area contributed by atoms with Gasteiger partial charge in [0.1, 0.15) is 0 Å². The second-order valence-electron chi connectivity index (χ2n) is 3.58. The van der Waals surface area contributed by atoms with Crippen LogP contribution in [0.4, 0.5) is 0 Å². The maximum absolute atomic E-state index is 5.59. The summed E-state index contributed by atoms with van der Waals surface area (Å²) in [5, 5.41) is 3.17. The van der Waals surface area contributed by atoms with Crippen LogP contribution >= 0.6 is 22.7 Å². The summed E-state index contributed by atoms with van der Waals surface area (Å²) in [4.78, 5) is 9.87. The number of nitrogens with one attached hydrogen (secondary N) is 1. The minimum Gasteiger partial charge on any atom is -0.271 e. The Morgan fingerprint density at radius 2 is 2.25 bits per heavy atom. The second kappa shape index (κ2) is 5.01. The largest absolute Gasteiger partial charge is 0.271 e. The van der Waals surface area contributed by atoms with Crippen LogP contribution in [0.25, 0.3) is 0 Å². The van der Waals surface area contributed by atoms with E-state index in [-0.39, 0.29) is 6.04 Å². The number of hydrogen-bond acceptors (Lipinski definition) is 6. The van der Waals surface area contributed by atoms with E-state index in [2.05, 4.69) is 20.8 Å². The lowest BCUT2D eigenvalue weighted by Gasteiger charge is -2.13. The van der Waals surface area contributed by atoms with Gasteiger partial charge in [0.25, 0.3) is 0 Å². The highest BCUT2D eigenvalue weighted by atomic mass is 32.1. The van der Waals surface area contributed by atoms with Gasteiger partial charge in [-0.1, -0.05) is 0 Å². The molecule has 2 aromatic rings. The van der Waals surface area contributed by atoms with E-state index in [1.54, 1.807) is 22.7 Å². The van der Waals surface area contributed by atoms with Gasteiger partial charge in [-0.15, -0.1) is 22.7 Å². The van der Waals surface area contributed by atoms with Crippen LogP contribution in [-0.2, 0) is 6.42 Å². The fourth-order valence-electron chi connectivity index (χ4n) is 1.58. The molecule has 0 radical (unpaired) electrons. The number of rotatable bonds is 4. The number of hydrogen-bond donors (Lipinski definition) is 2. The quantitative estimate of drug-likeness (QED) is 0.647. The maximum atomic E-state index is 5.59. The lowest BCUT2D eigenvalue weighted by atomic mass is 10.1. The number of nitrogens with zero attached hydrogens (tertiary/aromatic N) is 2. The Bertz CT molecular complexity index is 463. The van der Waals surface area contributed by atoms with Crippen molar-refractivity contribution in [3.63, 3.8) is 0 Å². The Balaban J connectivity index is 2.15. The second-order valence-corrected chi connectivity index (χ2v) is 5.53. The molecule has 0 bridgehead atoms. The molecule has 0 aliphatic rings. The smallest absolute Gasteiger partial charge is 0.0897 e. The first-order chi connectivity index (χ1) is 7.70. The van der Waals surface area contributed by atoms with Crippen molar-refractivity contribution in [2.24, 2.45) is 5.84 Å². The highest BCUT2D eigenvalue weighted by Crippen LogP contribution is 2.24. The molecule has 0 saturated carbocycles. The third-order valence-corrected chi connectivity index (χ3v) is 4.25. The monoisotopic (exact) mass is 254 g/mol. The van der Waals surface area contributed by atoms with Gasteiger partial charge in [0, 0.05) is 16.7 Å². The van der Waals surface area contributed by atoms with Crippen molar-refractivity contribution >= 4 is 22.7 Å². The molecule has 0 aliphatic carbocycles. The number of thiazole rings is 2. The van der Waals surface area contributed by atoms with Gasteiger partial charge >= 0.3 is 0 Å². The Kier molecular flexibility index (Phi) is 3.65. The predicted molar refractivity (Wildman–Crippen MR) is 67.5 cm³/mol. The van der Waals surface area contributed by atoms with E-state index in [0.717, 1.165) is 22.8 Å². The summed E-state index contributed by atoms with van der Waals surface area (Å²) < 4.78 is 0. The van der Waals surface area contributed by atoms with Gasteiger partial charge in [0.05, 0.1) is 27.9 Å². The van der Waals surface area contributed by atoms with Gasteiger partial charge in [-0.2, -0.15) is 0 Å². The topological polar surface area (TPSA) is 63.8 Å². The van der Waals surface area contributed by atoms with Crippen molar-refractivity contribution < 1.29 is 0 Å². The molecule has 0 aliphatic heterocycles. The average Bonchev–Trinajstić information content (AvgIpc) is 2.84. The fourth-order valence-corrected chi connectivity index (χ4v) is 3.07. The molecule has 16 heavy (non-hydrogen) atoms. The van der Waals surface area contributed by atoms with E-state index < -0.39 is 0 Å². The number of aryl methyl sites for hydroxylation is 2. The molecule has 1 atom stereocenters. The molecule has 4 nitrogen and oxygen atoms in total. The highest BCUT2D eigenvalue weighted by molar-refractivity contribution is 7.10. The third-order valence-electron chi connectivity index (χ3n) is 2.38. The number of hydrazine groups is 1. The van der Waals surface area contributed by atoms with E-state index in [1.807, 2.05) is 19.4 Å². The number of nitrogens with two attached hydrogens (primary N) is 1. The zero-order valence-electron chi connectivity index (χ0n) is 9.23. The van der Waals surface area contributed by atoms with Crippen LogP contribution in [0.2, 0.25) is 0 Å². The molecule has 0 aromatic carbocycles. The molecule has 0 saturated heterocycles.